The zero-order chi connectivity index (χ0) is 17.1. The Morgan fingerprint density at radius 2 is 2.17 bits per heavy atom. The van der Waals surface area contributed by atoms with Gasteiger partial charge < -0.3 is 10.1 Å². The van der Waals surface area contributed by atoms with Crippen LogP contribution in [-0.2, 0) is 0 Å². The summed E-state index contributed by atoms with van der Waals surface area (Å²) in [4.78, 5) is 15.1. The number of rotatable bonds is 5. The van der Waals surface area contributed by atoms with Gasteiger partial charge in [0.25, 0.3) is 5.91 Å². The topological polar surface area (TPSA) is 41.6 Å². The fraction of sp³-hybridized carbons (Fsp3) is 0.421. The Morgan fingerprint density at radius 1 is 1.33 bits per heavy atom. The Balaban J connectivity index is 1.80. The van der Waals surface area contributed by atoms with Crippen molar-refractivity contribution in [1.82, 2.24) is 10.2 Å². The van der Waals surface area contributed by atoms with Gasteiger partial charge in [0.15, 0.2) is 0 Å². The van der Waals surface area contributed by atoms with Crippen molar-refractivity contribution in [3.05, 3.63) is 39.5 Å². The highest BCUT2D eigenvalue weighted by atomic mass is 125. The second kappa shape index (κ2) is 7.70. The Morgan fingerprint density at radius 3 is 2.92 bits per heavy atom. The molecule has 0 aliphatic carbocycles. The van der Waals surface area contributed by atoms with Crippen molar-refractivity contribution >= 4 is 39.3 Å². The van der Waals surface area contributed by atoms with E-state index in [2.05, 4.69) is 57.9 Å². The van der Waals surface area contributed by atoms with E-state index in [1.54, 1.807) is 7.11 Å². The number of hydrogen-bond donors (Lipinski definition) is 1. The minimum absolute atomic E-state index is 0.0597. The molecule has 1 amide bonds. The highest BCUT2D eigenvalue weighted by Crippen LogP contribution is 2.27. The van der Waals surface area contributed by atoms with Gasteiger partial charge in [0.1, 0.15) is 5.75 Å². The van der Waals surface area contributed by atoms with E-state index in [4.69, 9.17) is 4.74 Å². The van der Waals surface area contributed by atoms with Crippen molar-refractivity contribution in [1.29, 1.82) is 0 Å². The quantitative estimate of drug-likeness (QED) is 0.728. The Bertz CT molecular complexity index is 747. The van der Waals surface area contributed by atoms with Crippen molar-refractivity contribution in [3.8, 4) is 5.75 Å². The summed E-state index contributed by atoms with van der Waals surface area (Å²) in [7, 11) is 1.61. The van der Waals surface area contributed by atoms with E-state index >= 15 is 0 Å². The van der Waals surface area contributed by atoms with E-state index in [1.165, 1.54) is 6.42 Å². The second-order valence-corrected chi connectivity index (χ2v) is 7.42. The van der Waals surface area contributed by atoms with Crippen LogP contribution in [0, 0.1) is 3.57 Å². The number of hydrogen-bond acceptors (Lipinski definition) is 3. The predicted molar refractivity (Wildman–Crippen MR) is 106 cm³/mol. The zero-order valence-corrected chi connectivity index (χ0v) is 16.3. The van der Waals surface area contributed by atoms with Crippen molar-refractivity contribution < 1.29 is 9.53 Å². The zero-order valence-electron chi connectivity index (χ0n) is 14.1. The van der Waals surface area contributed by atoms with E-state index < -0.39 is 0 Å². The molecule has 24 heavy (non-hydrogen) atoms. The predicted octanol–water partition coefficient (Wildman–Crippen LogP) is 3.67. The summed E-state index contributed by atoms with van der Waals surface area (Å²) in [5.41, 5.74) is 0.605. The molecule has 1 saturated heterocycles. The van der Waals surface area contributed by atoms with Gasteiger partial charge in [-0.1, -0.05) is 13.0 Å². The molecule has 1 aliphatic heterocycles. The number of benzene rings is 2. The van der Waals surface area contributed by atoms with Crippen LogP contribution >= 0.6 is 22.6 Å². The van der Waals surface area contributed by atoms with Crippen molar-refractivity contribution in [2.75, 3.05) is 26.7 Å². The third-order valence-electron chi connectivity index (χ3n) is 4.77. The molecule has 3 rings (SSSR count). The van der Waals surface area contributed by atoms with Gasteiger partial charge in [0, 0.05) is 16.2 Å². The first kappa shape index (κ1) is 17.5. The van der Waals surface area contributed by atoms with Crippen molar-refractivity contribution in [2.45, 2.75) is 25.8 Å². The average Bonchev–Trinajstić information content (AvgIpc) is 3.06. The number of carbonyl (C=O) groups excluding carboxylic acids is 1. The molecule has 0 saturated carbocycles. The van der Waals surface area contributed by atoms with Crippen LogP contribution in [0.2, 0.25) is 0 Å². The van der Waals surface area contributed by atoms with E-state index in [0.29, 0.717) is 23.9 Å². The molecule has 0 aromatic heterocycles. The van der Waals surface area contributed by atoms with Crippen LogP contribution in [0.1, 0.15) is 30.1 Å². The van der Waals surface area contributed by atoms with Gasteiger partial charge in [-0.15, -0.1) is 0 Å². The first-order chi connectivity index (χ1) is 11.6. The molecule has 1 heterocycles. The minimum Gasteiger partial charge on any atom is -0.496 e. The summed E-state index contributed by atoms with van der Waals surface area (Å²) in [5, 5.41) is 5.24. The molecule has 4 nitrogen and oxygen atoms in total. The normalized spacial score (nSPS) is 18.0. The maximum absolute atomic E-state index is 12.7. The molecular formula is C19H23IN2O2. The fourth-order valence-corrected chi connectivity index (χ4v) is 3.96. The van der Waals surface area contributed by atoms with Gasteiger partial charge in [0.2, 0.25) is 0 Å². The van der Waals surface area contributed by atoms with Gasteiger partial charge in [-0.05, 0) is 83.6 Å². The van der Waals surface area contributed by atoms with Gasteiger partial charge in [-0.25, -0.2) is 0 Å². The van der Waals surface area contributed by atoms with Crippen LogP contribution in [0.25, 0.3) is 10.8 Å². The monoisotopic (exact) mass is 436 g/mol. The largest absolute Gasteiger partial charge is 0.496 e. The first-order valence-electron chi connectivity index (χ1n) is 8.42. The van der Waals surface area contributed by atoms with E-state index in [0.717, 1.165) is 33.9 Å². The highest BCUT2D eigenvalue weighted by Gasteiger charge is 2.24. The Labute approximate surface area is 156 Å². The lowest BCUT2D eigenvalue weighted by Crippen LogP contribution is -2.40. The first-order valence-corrected chi connectivity index (χ1v) is 9.49. The third-order valence-corrected chi connectivity index (χ3v) is 5.44. The number of halogens is 1. The maximum atomic E-state index is 12.7. The molecular weight excluding hydrogens is 413 g/mol. The second-order valence-electron chi connectivity index (χ2n) is 6.18. The minimum atomic E-state index is -0.0597. The van der Waals surface area contributed by atoms with Crippen LogP contribution in [-0.4, -0.2) is 43.6 Å². The summed E-state index contributed by atoms with van der Waals surface area (Å²) < 4.78 is 6.60. The van der Waals surface area contributed by atoms with Crippen LogP contribution in [0.4, 0.5) is 0 Å². The summed E-state index contributed by atoms with van der Waals surface area (Å²) in [6, 6.07) is 10.5. The van der Waals surface area contributed by atoms with Gasteiger partial charge >= 0.3 is 0 Å². The number of methoxy groups -OCH3 is 1. The molecule has 1 atom stereocenters. The summed E-state index contributed by atoms with van der Waals surface area (Å²) in [5.74, 6) is 0.565. The summed E-state index contributed by atoms with van der Waals surface area (Å²) in [6.07, 6.45) is 2.37. The van der Waals surface area contributed by atoms with E-state index in [1.807, 2.05) is 12.1 Å². The van der Waals surface area contributed by atoms with Gasteiger partial charge in [-0.3, -0.25) is 9.69 Å². The number of likely N-dealkylation sites (N-methyl/N-ethyl adjacent to an activating group) is 1. The van der Waals surface area contributed by atoms with Crippen LogP contribution in [0.3, 0.4) is 0 Å². The Hall–Kier alpha value is -1.34. The van der Waals surface area contributed by atoms with Gasteiger partial charge in [0.05, 0.1) is 12.7 Å². The number of carbonyl (C=O) groups is 1. The lowest BCUT2D eigenvalue weighted by Gasteiger charge is -2.23. The lowest BCUT2D eigenvalue weighted by molar-refractivity contribution is 0.0938. The number of nitrogens with zero attached hydrogens (tertiary/aromatic N) is 1. The van der Waals surface area contributed by atoms with Crippen molar-refractivity contribution in [3.63, 3.8) is 0 Å². The molecule has 1 aliphatic rings. The summed E-state index contributed by atoms with van der Waals surface area (Å²) >= 11 is 2.29. The van der Waals surface area contributed by atoms with E-state index in [-0.39, 0.29) is 5.91 Å². The van der Waals surface area contributed by atoms with Crippen LogP contribution in [0.5, 0.6) is 5.75 Å². The molecule has 2 aromatic carbocycles. The number of fused-ring (bicyclic) bond motifs is 1. The van der Waals surface area contributed by atoms with Gasteiger partial charge in [-0.2, -0.15) is 0 Å². The SMILES string of the molecule is CCN1CCC[C@H]1CNC(=O)c1cc2cc([125I])ccc2cc1OC. The molecule has 2 aromatic rings. The molecule has 0 bridgehead atoms. The molecule has 0 spiro atoms. The maximum Gasteiger partial charge on any atom is 0.255 e. The number of likely N-dealkylation sites (tertiary alicyclic amines) is 1. The Kier molecular flexibility index (Phi) is 5.61. The third kappa shape index (κ3) is 3.67. The van der Waals surface area contributed by atoms with Crippen LogP contribution < -0.4 is 10.1 Å². The molecule has 128 valence electrons. The number of nitrogens with one attached hydrogen (secondary N) is 1. The van der Waals surface area contributed by atoms with Crippen LogP contribution in [0.15, 0.2) is 30.3 Å². The average molecular weight is 436 g/mol. The molecule has 1 N–H and O–H groups in total. The highest BCUT2D eigenvalue weighted by molar-refractivity contribution is 14.1. The smallest absolute Gasteiger partial charge is 0.255 e. The molecule has 1 fully saturated rings. The molecule has 0 radical (unpaired) electrons. The van der Waals surface area contributed by atoms with Crippen molar-refractivity contribution in [2.24, 2.45) is 0 Å². The fourth-order valence-electron chi connectivity index (χ4n) is 3.44. The molecule has 5 heteroatoms. The molecule has 0 unspecified atom stereocenters. The summed E-state index contributed by atoms with van der Waals surface area (Å²) in [6.45, 7) is 5.04. The number of amides is 1. The lowest BCUT2D eigenvalue weighted by atomic mass is 10.1. The van der Waals surface area contributed by atoms with E-state index in [9.17, 15) is 4.79 Å². The standard InChI is InChI=1S/C19H23IN2O2/c1-3-22-8-4-5-16(22)12-21-19(23)17-10-14-9-15(20)7-6-13(14)11-18(17)24-2/h6-7,9-11,16H,3-5,8,12H2,1-2H3,(H,21,23)/t16-/m0/s1/i20-2. The number of ether oxygens (including phenoxy) is 1.